The molecule has 0 saturated carbocycles. The molecule has 2 aromatic carbocycles. The molecule has 0 unspecified atom stereocenters. The molecule has 0 amide bonds. The lowest BCUT2D eigenvalue weighted by molar-refractivity contribution is 0.0115. The van der Waals surface area contributed by atoms with E-state index in [9.17, 15) is 13.2 Å². The van der Waals surface area contributed by atoms with Gasteiger partial charge in [-0.25, -0.2) is 22.5 Å². The number of pyridine rings is 1. The van der Waals surface area contributed by atoms with E-state index in [1.165, 1.54) is 18.2 Å². The minimum atomic E-state index is -2.69. The Bertz CT molecular complexity index is 1850. The summed E-state index contributed by atoms with van der Waals surface area (Å²) in [5.74, 6) is -2.98. The van der Waals surface area contributed by atoms with E-state index in [4.69, 9.17) is 4.98 Å². The van der Waals surface area contributed by atoms with Crippen LogP contribution in [0.15, 0.2) is 73.1 Å². The van der Waals surface area contributed by atoms with Gasteiger partial charge in [-0.05, 0) is 35.4 Å². The Balaban J connectivity index is 1.25. The number of aromatic nitrogens is 5. The molecule has 1 fully saturated rings. The number of aromatic amines is 2. The zero-order valence-corrected chi connectivity index (χ0v) is 21.8. The molecule has 2 N–H and O–H groups in total. The van der Waals surface area contributed by atoms with Crippen LogP contribution in [0, 0.1) is 11.6 Å². The number of H-pyrrole nitrogens is 2. The van der Waals surface area contributed by atoms with Gasteiger partial charge in [0.25, 0.3) is 5.92 Å². The molecule has 10 heteroatoms. The third-order valence-corrected chi connectivity index (χ3v) is 7.53. The highest BCUT2D eigenvalue weighted by Gasteiger charge is 2.38. The first-order chi connectivity index (χ1) is 19.8. The standard InChI is InChI=1S/C31H24F4N6/c32-21-5-3-4-19(11-21)22-6-1-2-7-26-28(22)38-30(37-26)29-24-12-23(25(33)13-27(24)39-40-29)20-10-18(14-36-15-20)16-41-9-8-31(34,35)17-41/h1-6,10-15H,7-9,16-17H2,(H,37,38)(H,39,40). The Morgan fingerprint density at radius 2 is 1.90 bits per heavy atom. The van der Waals surface area contributed by atoms with Gasteiger partial charge in [0.1, 0.15) is 17.3 Å². The molecule has 1 aliphatic heterocycles. The molecule has 5 aromatic rings. The molecule has 0 atom stereocenters. The lowest BCUT2D eigenvalue weighted by Crippen LogP contribution is -2.24. The number of hydrogen-bond donors (Lipinski definition) is 2. The molecule has 4 heterocycles. The number of likely N-dealkylation sites (tertiary alicyclic amines) is 1. The molecule has 7 rings (SSSR count). The van der Waals surface area contributed by atoms with Gasteiger partial charge in [-0.15, -0.1) is 0 Å². The Kier molecular flexibility index (Phi) is 6.08. The average Bonchev–Trinajstić information content (AvgIpc) is 3.61. The third-order valence-electron chi connectivity index (χ3n) is 7.53. The van der Waals surface area contributed by atoms with Crippen LogP contribution in [0.5, 0.6) is 0 Å². The summed E-state index contributed by atoms with van der Waals surface area (Å²) < 4.78 is 56.6. The highest BCUT2D eigenvalue weighted by atomic mass is 19.3. The van der Waals surface area contributed by atoms with Gasteiger partial charge in [0.2, 0.25) is 0 Å². The smallest absolute Gasteiger partial charge is 0.261 e. The molecule has 0 spiro atoms. The SMILES string of the molecule is Fc1cccc(C2=CC=CCc3[nH]c(-c4n[nH]c5cc(F)c(-c6cncc(CN7CCC(F)(F)C7)c6)cc45)nc32)c1. The second-order valence-corrected chi connectivity index (χ2v) is 10.5. The van der Waals surface area contributed by atoms with Crippen LogP contribution in [0.1, 0.15) is 28.9 Å². The highest BCUT2D eigenvalue weighted by Crippen LogP contribution is 2.35. The fourth-order valence-corrected chi connectivity index (χ4v) is 5.57. The molecule has 206 valence electrons. The summed E-state index contributed by atoms with van der Waals surface area (Å²) in [7, 11) is 0. The topological polar surface area (TPSA) is 73.5 Å². The third kappa shape index (κ3) is 4.84. The molecule has 3 aromatic heterocycles. The lowest BCUT2D eigenvalue weighted by atomic mass is 10.0. The van der Waals surface area contributed by atoms with Crippen LogP contribution in [0.2, 0.25) is 0 Å². The van der Waals surface area contributed by atoms with E-state index in [0.717, 1.165) is 16.8 Å². The predicted octanol–water partition coefficient (Wildman–Crippen LogP) is 6.68. The van der Waals surface area contributed by atoms with Crippen molar-refractivity contribution >= 4 is 16.5 Å². The van der Waals surface area contributed by atoms with Crippen LogP contribution >= 0.6 is 0 Å². The summed E-state index contributed by atoms with van der Waals surface area (Å²) >= 11 is 0. The molecule has 0 bridgehead atoms. The van der Waals surface area contributed by atoms with Crippen molar-refractivity contribution in [3.05, 3.63) is 107 Å². The van der Waals surface area contributed by atoms with Gasteiger partial charge in [0.15, 0.2) is 5.82 Å². The fraction of sp³-hybridized carbons (Fsp3) is 0.194. The van der Waals surface area contributed by atoms with E-state index in [1.54, 1.807) is 35.5 Å². The first kappa shape index (κ1) is 25.4. The lowest BCUT2D eigenvalue weighted by Gasteiger charge is -2.16. The Hall–Kier alpha value is -4.57. The van der Waals surface area contributed by atoms with Gasteiger partial charge in [0.05, 0.1) is 17.8 Å². The van der Waals surface area contributed by atoms with Gasteiger partial charge in [-0.3, -0.25) is 15.0 Å². The normalized spacial score (nSPS) is 16.6. The van der Waals surface area contributed by atoms with Crippen molar-refractivity contribution in [3.63, 3.8) is 0 Å². The van der Waals surface area contributed by atoms with Crippen LogP contribution in [0.3, 0.4) is 0 Å². The van der Waals surface area contributed by atoms with Crippen molar-refractivity contribution in [3.8, 4) is 22.6 Å². The minimum absolute atomic E-state index is 0.166. The average molecular weight is 557 g/mol. The van der Waals surface area contributed by atoms with Gasteiger partial charge in [-0.2, -0.15) is 5.10 Å². The zero-order valence-electron chi connectivity index (χ0n) is 21.8. The number of halogens is 4. The number of imidazole rings is 1. The number of allylic oxidation sites excluding steroid dienone is 3. The summed E-state index contributed by atoms with van der Waals surface area (Å²) in [5.41, 5.74) is 5.63. The van der Waals surface area contributed by atoms with E-state index in [2.05, 4.69) is 20.2 Å². The molecule has 1 aliphatic carbocycles. The first-order valence-corrected chi connectivity index (χ1v) is 13.3. The molecule has 2 aliphatic rings. The second kappa shape index (κ2) is 9.81. The van der Waals surface area contributed by atoms with E-state index in [0.29, 0.717) is 64.3 Å². The van der Waals surface area contributed by atoms with Crippen LogP contribution in [-0.2, 0) is 13.0 Å². The molecular formula is C31H24F4N6. The van der Waals surface area contributed by atoms with E-state index < -0.39 is 11.7 Å². The number of benzene rings is 2. The Labute approximate surface area is 232 Å². The predicted molar refractivity (Wildman–Crippen MR) is 148 cm³/mol. The zero-order chi connectivity index (χ0) is 28.1. The van der Waals surface area contributed by atoms with Gasteiger partial charge < -0.3 is 4.98 Å². The monoisotopic (exact) mass is 556 g/mol. The maximum Gasteiger partial charge on any atom is 0.261 e. The molecule has 6 nitrogen and oxygen atoms in total. The number of alkyl halides is 2. The van der Waals surface area contributed by atoms with Crippen molar-refractivity contribution in [1.29, 1.82) is 0 Å². The van der Waals surface area contributed by atoms with Crippen molar-refractivity contribution in [2.75, 3.05) is 13.1 Å². The van der Waals surface area contributed by atoms with Crippen molar-refractivity contribution in [1.82, 2.24) is 30.0 Å². The largest absolute Gasteiger partial charge is 0.340 e. The first-order valence-electron chi connectivity index (χ1n) is 13.3. The molecular weight excluding hydrogens is 532 g/mol. The summed E-state index contributed by atoms with van der Waals surface area (Å²) in [6, 6.07) is 11.2. The van der Waals surface area contributed by atoms with Crippen molar-refractivity contribution in [2.24, 2.45) is 0 Å². The van der Waals surface area contributed by atoms with Gasteiger partial charge >= 0.3 is 0 Å². The van der Waals surface area contributed by atoms with Crippen LogP contribution in [-0.4, -0.2) is 49.1 Å². The van der Waals surface area contributed by atoms with Crippen LogP contribution in [0.25, 0.3) is 39.1 Å². The number of rotatable bonds is 5. The van der Waals surface area contributed by atoms with E-state index in [1.807, 2.05) is 24.3 Å². The summed E-state index contributed by atoms with van der Waals surface area (Å²) in [6.45, 7) is 0.314. The molecule has 1 saturated heterocycles. The summed E-state index contributed by atoms with van der Waals surface area (Å²) in [4.78, 5) is 14.2. The summed E-state index contributed by atoms with van der Waals surface area (Å²) in [5, 5.41) is 7.99. The van der Waals surface area contributed by atoms with Gasteiger partial charge in [0, 0.05) is 72.2 Å². The van der Waals surface area contributed by atoms with Crippen molar-refractivity contribution < 1.29 is 17.6 Å². The Morgan fingerprint density at radius 1 is 1.00 bits per heavy atom. The maximum absolute atomic E-state index is 15.3. The van der Waals surface area contributed by atoms with E-state index in [-0.39, 0.29) is 18.8 Å². The number of fused-ring (bicyclic) bond motifs is 2. The van der Waals surface area contributed by atoms with Gasteiger partial charge in [-0.1, -0.05) is 30.4 Å². The minimum Gasteiger partial charge on any atom is -0.340 e. The number of nitrogens with one attached hydrogen (secondary N) is 2. The number of hydrogen-bond acceptors (Lipinski definition) is 4. The van der Waals surface area contributed by atoms with Crippen LogP contribution < -0.4 is 0 Å². The quantitative estimate of drug-likeness (QED) is 0.237. The highest BCUT2D eigenvalue weighted by molar-refractivity contribution is 5.95. The second-order valence-electron chi connectivity index (χ2n) is 10.5. The van der Waals surface area contributed by atoms with Crippen molar-refractivity contribution in [2.45, 2.75) is 25.3 Å². The fourth-order valence-electron chi connectivity index (χ4n) is 5.57. The van der Waals surface area contributed by atoms with E-state index >= 15 is 4.39 Å². The number of nitrogens with zero attached hydrogens (tertiary/aromatic N) is 4. The summed E-state index contributed by atoms with van der Waals surface area (Å²) in [6.07, 6.45) is 9.43. The molecule has 41 heavy (non-hydrogen) atoms. The molecule has 0 radical (unpaired) electrons. The maximum atomic E-state index is 15.3. The van der Waals surface area contributed by atoms with Crippen LogP contribution in [0.4, 0.5) is 17.6 Å². The Morgan fingerprint density at radius 3 is 2.73 bits per heavy atom.